The highest BCUT2D eigenvalue weighted by Gasteiger charge is 2.28. The largest absolute Gasteiger partial charge is 0.343 e. The minimum absolute atomic E-state index is 0.0346. The van der Waals surface area contributed by atoms with Crippen molar-refractivity contribution in [1.82, 2.24) is 15.2 Å². The number of amides is 3. The molecule has 1 aliphatic carbocycles. The first-order chi connectivity index (χ1) is 13.6. The molecule has 0 spiro atoms. The van der Waals surface area contributed by atoms with E-state index in [1.807, 2.05) is 6.07 Å². The van der Waals surface area contributed by atoms with Crippen LogP contribution in [0.2, 0.25) is 0 Å². The van der Waals surface area contributed by atoms with Crippen molar-refractivity contribution < 1.29 is 14.4 Å². The summed E-state index contributed by atoms with van der Waals surface area (Å²) in [6.45, 7) is 0.992. The molecule has 2 N–H and O–H groups in total. The summed E-state index contributed by atoms with van der Waals surface area (Å²) >= 11 is 1.43. The number of rotatable bonds is 5. The summed E-state index contributed by atoms with van der Waals surface area (Å²) in [6, 6.07) is 8.83. The number of hydrogen-bond donors (Lipinski definition) is 2. The van der Waals surface area contributed by atoms with E-state index < -0.39 is 0 Å². The van der Waals surface area contributed by atoms with Gasteiger partial charge in [0.15, 0.2) is 5.13 Å². The Hall–Kier alpha value is -2.74. The summed E-state index contributed by atoms with van der Waals surface area (Å²) < 4.78 is 0. The summed E-state index contributed by atoms with van der Waals surface area (Å²) in [7, 11) is 0. The Balaban J connectivity index is 1.31. The predicted octanol–water partition coefficient (Wildman–Crippen LogP) is 2.20. The van der Waals surface area contributed by atoms with Crippen molar-refractivity contribution in [2.24, 2.45) is 5.92 Å². The van der Waals surface area contributed by atoms with E-state index >= 15 is 0 Å². The first-order valence-electron chi connectivity index (χ1n) is 9.50. The van der Waals surface area contributed by atoms with Gasteiger partial charge in [0.2, 0.25) is 11.8 Å². The third kappa shape index (κ3) is 4.06. The highest BCUT2D eigenvalue weighted by atomic mass is 32.1. The molecule has 2 aliphatic rings. The molecule has 4 rings (SSSR count). The lowest BCUT2D eigenvalue weighted by molar-refractivity contribution is -0.131. The summed E-state index contributed by atoms with van der Waals surface area (Å²) in [6.07, 6.45) is 3.68. The Labute approximate surface area is 167 Å². The number of benzene rings is 1. The van der Waals surface area contributed by atoms with E-state index in [9.17, 15) is 14.4 Å². The molecule has 28 heavy (non-hydrogen) atoms. The Morgan fingerprint density at radius 3 is 2.68 bits per heavy atom. The van der Waals surface area contributed by atoms with Crippen molar-refractivity contribution in [3.05, 3.63) is 46.5 Å². The molecule has 0 bridgehead atoms. The standard InChI is InChI=1S/C20H22N4O3S/c25-17(11-21-18(26)13-5-2-1-3-6-13)24-10-9-15-16(12-24)28-20(22-15)23-19(27)14-7-4-8-14/h1-3,5-6,14H,4,7-12H2,(H,21,26)(H,22,23,27). The van der Waals surface area contributed by atoms with Gasteiger partial charge in [0.25, 0.3) is 5.91 Å². The minimum Gasteiger partial charge on any atom is -0.343 e. The maximum absolute atomic E-state index is 12.5. The minimum atomic E-state index is -0.259. The van der Waals surface area contributed by atoms with Crippen LogP contribution in [-0.4, -0.2) is 40.7 Å². The van der Waals surface area contributed by atoms with E-state index in [1.165, 1.54) is 11.3 Å². The molecule has 7 nitrogen and oxygen atoms in total. The Morgan fingerprint density at radius 2 is 1.96 bits per heavy atom. The van der Waals surface area contributed by atoms with Gasteiger partial charge in [0, 0.05) is 29.3 Å². The van der Waals surface area contributed by atoms with Gasteiger partial charge in [0.05, 0.1) is 18.8 Å². The topological polar surface area (TPSA) is 91.4 Å². The molecule has 2 aromatic rings. The molecular formula is C20H22N4O3S. The second-order valence-electron chi connectivity index (χ2n) is 7.12. The molecule has 0 atom stereocenters. The summed E-state index contributed by atoms with van der Waals surface area (Å²) in [4.78, 5) is 43.9. The van der Waals surface area contributed by atoms with Gasteiger partial charge in [-0.15, -0.1) is 0 Å². The number of nitrogens with one attached hydrogen (secondary N) is 2. The molecule has 1 aromatic carbocycles. The molecule has 0 unspecified atom stereocenters. The van der Waals surface area contributed by atoms with Crippen molar-refractivity contribution in [3.63, 3.8) is 0 Å². The number of carbonyl (C=O) groups is 3. The lowest BCUT2D eigenvalue weighted by Crippen LogP contribution is -2.42. The van der Waals surface area contributed by atoms with Crippen LogP contribution >= 0.6 is 11.3 Å². The first-order valence-corrected chi connectivity index (χ1v) is 10.3. The Kier molecular flexibility index (Phi) is 5.38. The second kappa shape index (κ2) is 8.10. The lowest BCUT2D eigenvalue weighted by atomic mass is 9.85. The van der Waals surface area contributed by atoms with Crippen LogP contribution in [0, 0.1) is 5.92 Å². The van der Waals surface area contributed by atoms with Crippen LogP contribution in [0.25, 0.3) is 0 Å². The van der Waals surface area contributed by atoms with Crippen molar-refractivity contribution in [2.75, 3.05) is 18.4 Å². The Bertz CT molecular complexity index is 892. The van der Waals surface area contributed by atoms with Crippen molar-refractivity contribution >= 4 is 34.2 Å². The average molecular weight is 398 g/mol. The number of carbonyl (C=O) groups excluding carboxylic acids is 3. The zero-order valence-corrected chi connectivity index (χ0v) is 16.3. The average Bonchev–Trinajstić information content (AvgIpc) is 3.06. The van der Waals surface area contributed by atoms with Gasteiger partial charge in [0.1, 0.15) is 0 Å². The number of anilines is 1. The highest BCUT2D eigenvalue weighted by molar-refractivity contribution is 7.15. The molecule has 0 radical (unpaired) electrons. The van der Waals surface area contributed by atoms with Crippen LogP contribution in [0.1, 0.15) is 40.2 Å². The first kappa shape index (κ1) is 18.6. The number of nitrogens with zero attached hydrogens (tertiary/aromatic N) is 2. The second-order valence-corrected chi connectivity index (χ2v) is 8.20. The molecule has 1 saturated carbocycles. The fraction of sp³-hybridized carbons (Fsp3) is 0.400. The van der Waals surface area contributed by atoms with Gasteiger partial charge in [-0.05, 0) is 25.0 Å². The molecular weight excluding hydrogens is 376 g/mol. The molecule has 146 valence electrons. The lowest BCUT2D eigenvalue weighted by Gasteiger charge is -2.26. The zero-order valence-electron chi connectivity index (χ0n) is 15.4. The monoisotopic (exact) mass is 398 g/mol. The number of fused-ring (bicyclic) bond motifs is 1. The number of hydrogen-bond acceptors (Lipinski definition) is 5. The van der Waals surface area contributed by atoms with Crippen LogP contribution in [0.5, 0.6) is 0 Å². The molecule has 0 saturated heterocycles. The van der Waals surface area contributed by atoms with Gasteiger partial charge >= 0.3 is 0 Å². The zero-order chi connectivity index (χ0) is 19.5. The fourth-order valence-corrected chi connectivity index (χ4v) is 4.33. The molecule has 1 aliphatic heterocycles. The van der Waals surface area contributed by atoms with Crippen molar-refractivity contribution in [2.45, 2.75) is 32.2 Å². The Morgan fingerprint density at radius 1 is 1.18 bits per heavy atom. The smallest absolute Gasteiger partial charge is 0.251 e. The van der Waals surface area contributed by atoms with Crippen LogP contribution in [-0.2, 0) is 22.6 Å². The van der Waals surface area contributed by atoms with E-state index in [-0.39, 0.29) is 30.2 Å². The maximum Gasteiger partial charge on any atom is 0.251 e. The van der Waals surface area contributed by atoms with E-state index in [2.05, 4.69) is 15.6 Å². The third-order valence-electron chi connectivity index (χ3n) is 5.23. The van der Waals surface area contributed by atoms with Gasteiger partial charge in [-0.1, -0.05) is 36.0 Å². The molecule has 3 amide bonds. The van der Waals surface area contributed by atoms with Gasteiger partial charge in [-0.2, -0.15) is 0 Å². The van der Waals surface area contributed by atoms with Crippen LogP contribution < -0.4 is 10.6 Å². The quantitative estimate of drug-likeness (QED) is 0.808. The van der Waals surface area contributed by atoms with E-state index in [0.717, 1.165) is 29.8 Å². The van der Waals surface area contributed by atoms with Gasteiger partial charge < -0.3 is 15.5 Å². The van der Waals surface area contributed by atoms with E-state index in [4.69, 9.17) is 0 Å². The normalized spacial score (nSPS) is 16.1. The molecule has 8 heteroatoms. The SMILES string of the molecule is O=C(NCC(=O)N1CCc2nc(NC(=O)C3CCC3)sc2C1)c1ccccc1. The molecule has 1 fully saturated rings. The summed E-state index contributed by atoms with van der Waals surface area (Å²) in [5.41, 5.74) is 1.48. The maximum atomic E-state index is 12.5. The van der Waals surface area contributed by atoms with E-state index in [0.29, 0.717) is 30.2 Å². The number of thiazole rings is 1. The highest BCUT2D eigenvalue weighted by Crippen LogP contribution is 2.31. The van der Waals surface area contributed by atoms with Crippen molar-refractivity contribution in [1.29, 1.82) is 0 Å². The summed E-state index contributed by atoms with van der Waals surface area (Å²) in [5, 5.41) is 6.21. The summed E-state index contributed by atoms with van der Waals surface area (Å²) in [5.74, 6) is -0.213. The van der Waals surface area contributed by atoms with E-state index in [1.54, 1.807) is 29.2 Å². The van der Waals surface area contributed by atoms with Crippen molar-refractivity contribution in [3.8, 4) is 0 Å². The number of aromatic nitrogens is 1. The molecule has 2 heterocycles. The van der Waals surface area contributed by atoms with Crippen LogP contribution in [0.3, 0.4) is 0 Å². The molecule has 1 aromatic heterocycles. The predicted molar refractivity (Wildman–Crippen MR) is 106 cm³/mol. The fourth-order valence-electron chi connectivity index (χ4n) is 3.30. The third-order valence-corrected chi connectivity index (χ3v) is 6.22. The van der Waals surface area contributed by atoms with Gasteiger partial charge in [-0.3, -0.25) is 14.4 Å². The van der Waals surface area contributed by atoms with Crippen LogP contribution in [0.4, 0.5) is 5.13 Å². The van der Waals surface area contributed by atoms with Gasteiger partial charge in [-0.25, -0.2) is 4.98 Å². The van der Waals surface area contributed by atoms with Crippen LogP contribution in [0.15, 0.2) is 30.3 Å².